The number of alkyl carbamates (subject to hydrolysis) is 1. The van der Waals surface area contributed by atoms with Gasteiger partial charge in [0.2, 0.25) is 17.7 Å². The first kappa shape index (κ1) is 35.7. The first-order valence-electron chi connectivity index (χ1n) is 16.4. The molecule has 4 rings (SSSR count). The summed E-state index contributed by atoms with van der Waals surface area (Å²) in [6.07, 6.45) is 1.79. The van der Waals surface area contributed by atoms with Crippen LogP contribution in [0.3, 0.4) is 0 Å². The quantitative estimate of drug-likeness (QED) is 0.177. The Morgan fingerprint density at radius 3 is 2.21 bits per heavy atom. The molecule has 3 N–H and O–H groups in total. The second-order valence-corrected chi connectivity index (χ2v) is 12.1. The number of hydrogen-bond donors (Lipinski definition) is 3. The van der Waals surface area contributed by atoms with Gasteiger partial charge in [0.1, 0.15) is 18.7 Å². The molecular weight excluding hydrogens is 610 g/mol. The number of rotatable bonds is 14. The summed E-state index contributed by atoms with van der Waals surface area (Å²) >= 11 is 0. The highest BCUT2D eigenvalue weighted by Gasteiger charge is 2.34. The van der Waals surface area contributed by atoms with E-state index in [1.165, 1.54) is 6.08 Å². The van der Waals surface area contributed by atoms with Gasteiger partial charge in [-0.3, -0.25) is 19.2 Å². The minimum Gasteiger partial charge on any atom is -0.445 e. The van der Waals surface area contributed by atoms with Crippen LogP contribution in [0.5, 0.6) is 0 Å². The fourth-order valence-corrected chi connectivity index (χ4v) is 5.61. The molecule has 48 heavy (non-hydrogen) atoms. The normalized spacial score (nSPS) is 14.1. The smallest absolute Gasteiger partial charge is 0.408 e. The van der Waals surface area contributed by atoms with Crippen LogP contribution in [0, 0.1) is 5.92 Å². The van der Waals surface area contributed by atoms with Crippen molar-refractivity contribution in [3.8, 4) is 0 Å². The highest BCUT2D eigenvalue weighted by Crippen LogP contribution is 2.21. The first-order valence-corrected chi connectivity index (χ1v) is 16.4. The fraction of sp³-hybridized carbons (Fsp3) is 0.378. The molecule has 11 nitrogen and oxygen atoms in total. The lowest BCUT2D eigenvalue weighted by molar-refractivity contribution is -0.139. The summed E-state index contributed by atoms with van der Waals surface area (Å²) in [6.45, 7) is 8.96. The minimum atomic E-state index is -0.965. The largest absolute Gasteiger partial charge is 0.445 e. The SMILES string of the molecule is C=CC(=O)NCCCC[C@H](NC(=O)OCc1ccccc1)C(=O)N[C@@H](C(=O)N1CCN(C(=O)c2cccc3ccccc23)CC1)C(C)C. The van der Waals surface area contributed by atoms with E-state index in [2.05, 4.69) is 22.5 Å². The van der Waals surface area contributed by atoms with E-state index in [1.807, 2.05) is 86.6 Å². The molecule has 1 heterocycles. The summed E-state index contributed by atoms with van der Waals surface area (Å²) in [4.78, 5) is 68.4. The number of nitrogens with one attached hydrogen (secondary N) is 3. The Hall–Kier alpha value is -5.19. The molecule has 0 unspecified atom stereocenters. The lowest BCUT2D eigenvalue weighted by Crippen LogP contribution is -2.59. The Morgan fingerprint density at radius 2 is 1.50 bits per heavy atom. The van der Waals surface area contributed by atoms with Gasteiger partial charge in [-0.1, -0.05) is 87.2 Å². The second kappa shape index (κ2) is 17.7. The van der Waals surface area contributed by atoms with E-state index in [-0.39, 0.29) is 36.7 Å². The number of ether oxygens (including phenoxy) is 1. The zero-order chi connectivity index (χ0) is 34.5. The number of benzene rings is 3. The predicted molar refractivity (Wildman–Crippen MR) is 184 cm³/mol. The van der Waals surface area contributed by atoms with Crippen LogP contribution in [0.15, 0.2) is 85.5 Å². The average molecular weight is 656 g/mol. The average Bonchev–Trinajstić information content (AvgIpc) is 3.11. The molecular formula is C37H45N5O6. The monoisotopic (exact) mass is 655 g/mol. The van der Waals surface area contributed by atoms with Crippen molar-refractivity contribution < 1.29 is 28.7 Å². The van der Waals surface area contributed by atoms with Crippen LogP contribution < -0.4 is 16.0 Å². The van der Waals surface area contributed by atoms with Gasteiger partial charge in [0.05, 0.1) is 0 Å². The molecule has 0 bridgehead atoms. The Morgan fingerprint density at radius 1 is 0.833 bits per heavy atom. The Bertz CT molecular complexity index is 1580. The van der Waals surface area contributed by atoms with Gasteiger partial charge in [0.15, 0.2) is 0 Å². The Kier molecular flexibility index (Phi) is 13.1. The molecule has 3 aromatic carbocycles. The standard InChI is InChI=1S/C37H45N5O6/c1-4-32(43)38-20-11-10-19-31(39-37(47)48-25-27-13-6-5-7-14-27)34(44)40-33(26(2)3)36(46)42-23-21-41(22-24-42)35(45)30-18-12-16-28-15-8-9-17-29(28)30/h4-9,12-18,26,31,33H,1,10-11,19-25H2,2-3H3,(H,38,43)(H,39,47)(H,40,44)/t31-,33+/m0/s1. The summed E-state index contributed by atoms with van der Waals surface area (Å²) in [5.41, 5.74) is 1.43. The number of piperazine rings is 1. The zero-order valence-electron chi connectivity index (χ0n) is 27.7. The van der Waals surface area contributed by atoms with E-state index in [9.17, 15) is 24.0 Å². The topological polar surface area (TPSA) is 137 Å². The van der Waals surface area contributed by atoms with Crippen molar-refractivity contribution in [2.24, 2.45) is 5.92 Å². The molecule has 254 valence electrons. The summed E-state index contributed by atoms with van der Waals surface area (Å²) in [7, 11) is 0. The Balaban J connectivity index is 1.36. The highest BCUT2D eigenvalue weighted by atomic mass is 16.5. The molecule has 3 aromatic rings. The van der Waals surface area contributed by atoms with E-state index in [1.54, 1.807) is 9.80 Å². The first-order chi connectivity index (χ1) is 23.2. The predicted octanol–water partition coefficient (Wildman–Crippen LogP) is 4.03. The third-order valence-corrected chi connectivity index (χ3v) is 8.35. The van der Waals surface area contributed by atoms with Crippen LogP contribution in [0.2, 0.25) is 0 Å². The second-order valence-electron chi connectivity index (χ2n) is 12.1. The molecule has 1 fully saturated rings. The highest BCUT2D eigenvalue weighted by molar-refractivity contribution is 6.07. The number of amides is 5. The molecule has 11 heteroatoms. The molecule has 5 amide bonds. The molecule has 1 aliphatic heterocycles. The van der Waals surface area contributed by atoms with Crippen molar-refractivity contribution in [2.45, 2.75) is 51.8 Å². The van der Waals surface area contributed by atoms with E-state index < -0.39 is 24.1 Å². The molecule has 0 aromatic heterocycles. The van der Waals surface area contributed by atoms with Gasteiger partial charge in [-0.25, -0.2) is 4.79 Å². The van der Waals surface area contributed by atoms with Gasteiger partial charge < -0.3 is 30.5 Å². The van der Waals surface area contributed by atoms with Gasteiger partial charge in [0, 0.05) is 38.3 Å². The molecule has 1 aliphatic rings. The van der Waals surface area contributed by atoms with Crippen molar-refractivity contribution in [3.63, 3.8) is 0 Å². The molecule has 1 saturated heterocycles. The third-order valence-electron chi connectivity index (χ3n) is 8.35. The van der Waals surface area contributed by atoms with Gasteiger partial charge >= 0.3 is 6.09 Å². The molecule has 0 aliphatic carbocycles. The van der Waals surface area contributed by atoms with Crippen LogP contribution in [0.25, 0.3) is 10.8 Å². The minimum absolute atomic E-state index is 0.0384. The Labute approximate surface area is 281 Å². The number of carbonyl (C=O) groups excluding carboxylic acids is 5. The summed E-state index contributed by atoms with van der Waals surface area (Å²) in [6, 6.07) is 20.8. The molecule has 0 spiro atoms. The lowest BCUT2D eigenvalue weighted by atomic mass is 10.0. The summed E-state index contributed by atoms with van der Waals surface area (Å²) in [5, 5.41) is 10.1. The number of hydrogen-bond acceptors (Lipinski definition) is 6. The van der Waals surface area contributed by atoms with Crippen LogP contribution >= 0.6 is 0 Å². The van der Waals surface area contributed by atoms with Gasteiger partial charge in [0.25, 0.3) is 5.91 Å². The van der Waals surface area contributed by atoms with Crippen LogP contribution in [0.4, 0.5) is 4.79 Å². The number of carbonyl (C=O) groups is 5. The van der Waals surface area contributed by atoms with Gasteiger partial charge in [-0.15, -0.1) is 0 Å². The van der Waals surface area contributed by atoms with E-state index >= 15 is 0 Å². The van der Waals surface area contributed by atoms with E-state index in [0.29, 0.717) is 51.1 Å². The van der Waals surface area contributed by atoms with Crippen molar-refractivity contribution in [1.29, 1.82) is 0 Å². The summed E-state index contributed by atoms with van der Waals surface area (Å²) < 4.78 is 5.36. The van der Waals surface area contributed by atoms with E-state index in [0.717, 1.165) is 16.3 Å². The number of nitrogens with zero attached hydrogens (tertiary/aromatic N) is 2. The van der Waals surface area contributed by atoms with Gasteiger partial charge in [-0.2, -0.15) is 0 Å². The fourth-order valence-electron chi connectivity index (χ4n) is 5.61. The van der Waals surface area contributed by atoms with Crippen molar-refractivity contribution in [3.05, 3.63) is 96.6 Å². The maximum Gasteiger partial charge on any atom is 0.408 e. The van der Waals surface area contributed by atoms with Crippen molar-refractivity contribution in [2.75, 3.05) is 32.7 Å². The molecule has 0 saturated carbocycles. The zero-order valence-corrected chi connectivity index (χ0v) is 27.7. The molecule has 2 atom stereocenters. The number of fused-ring (bicyclic) bond motifs is 1. The van der Waals surface area contributed by atoms with Crippen LogP contribution in [0.1, 0.15) is 49.0 Å². The van der Waals surface area contributed by atoms with Crippen LogP contribution in [-0.4, -0.2) is 84.3 Å². The maximum atomic E-state index is 13.7. The van der Waals surface area contributed by atoms with Crippen LogP contribution in [-0.2, 0) is 25.7 Å². The summed E-state index contributed by atoms with van der Waals surface area (Å²) in [5.74, 6) is -1.35. The van der Waals surface area contributed by atoms with Crippen molar-refractivity contribution >= 4 is 40.5 Å². The van der Waals surface area contributed by atoms with E-state index in [4.69, 9.17) is 4.74 Å². The number of unbranched alkanes of at least 4 members (excludes halogenated alkanes) is 1. The lowest BCUT2D eigenvalue weighted by Gasteiger charge is -2.37. The van der Waals surface area contributed by atoms with Crippen molar-refractivity contribution in [1.82, 2.24) is 25.8 Å². The third kappa shape index (κ3) is 9.90. The molecule has 0 radical (unpaired) electrons. The maximum absolute atomic E-state index is 13.7. The van der Waals surface area contributed by atoms with Gasteiger partial charge in [-0.05, 0) is 53.7 Å².